The zero-order chi connectivity index (χ0) is 32.5. The molecular weight excluding hydrogens is 618 g/mol. The second kappa shape index (κ2) is 17.9. The third-order valence-electron chi connectivity index (χ3n) is 4.33. The second-order valence-corrected chi connectivity index (χ2v) is 11.6. The van der Waals surface area contributed by atoms with E-state index in [1.54, 1.807) is 0 Å². The molecule has 0 saturated carbocycles. The van der Waals surface area contributed by atoms with Gasteiger partial charge in [-0.3, -0.25) is 0 Å². The van der Waals surface area contributed by atoms with Gasteiger partial charge in [-0.05, 0) is 0 Å². The summed E-state index contributed by atoms with van der Waals surface area (Å²) in [5.74, 6) is 0. The molecule has 3 aromatic rings. The smallest absolute Gasteiger partial charge is 0.418 e. The van der Waals surface area contributed by atoms with E-state index in [1.165, 1.54) is 22.1 Å². The Hall–Kier alpha value is -2.77. The first-order valence-electron chi connectivity index (χ1n) is 11.0. The Morgan fingerprint density at radius 1 is 0.366 bits per heavy atom. The molecular formula is C20H21B4F16P-4. The summed E-state index contributed by atoms with van der Waals surface area (Å²) in [6.45, 7) is 2.33. The Balaban J connectivity index is 0. The van der Waals surface area contributed by atoms with Crippen molar-refractivity contribution in [2.24, 2.45) is 0 Å². The molecule has 0 aromatic heterocycles. The van der Waals surface area contributed by atoms with Crippen LogP contribution in [0.25, 0.3) is 0 Å². The molecule has 3 aromatic carbocycles. The molecule has 0 bridgehead atoms. The molecule has 0 heterocycles. The van der Waals surface area contributed by atoms with Crippen LogP contribution in [0.15, 0.2) is 91.0 Å². The van der Waals surface area contributed by atoms with Crippen LogP contribution >= 0.6 is 7.26 Å². The molecule has 0 fully saturated rings. The number of halogens is 16. The van der Waals surface area contributed by atoms with Crippen molar-refractivity contribution in [3.05, 3.63) is 91.0 Å². The van der Waals surface area contributed by atoms with Gasteiger partial charge in [0.15, 0.2) is 0 Å². The first-order valence-corrected chi connectivity index (χ1v) is 13.2. The normalized spacial score (nSPS) is 12.0. The van der Waals surface area contributed by atoms with E-state index in [9.17, 15) is 69.1 Å². The van der Waals surface area contributed by atoms with Gasteiger partial charge in [-0.2, -0.15) is 0 Å². The third-order valence-corrected chi connectivity index (χ3v) is 9.35. The fourth-order valence-electron chi connectivity index (χ4n) is 3.28. The van der Waals surface area contributed by atoms with Gasteiger partial charge in [0.25, 0.3) is 0 Å². The van der Waals surface area contributed by atoms with Crippen molar-refractivity contribution in [2.75, 3.05) is 6.16 Å². The van der Waals surface area contributed by atoms with Crippen molar-refractivity contribution >= 4 is 52.2 Å². The zero-order valence-electron chi connectivity index (χ0n) is 20.7. The molecule has 234 valence electrons. The molecule has 0 aliphatic rings. The number of benzene rings is 3. The topological polar surface area (TPSA) is 0 Å². The second-order valence-electron chi connectivity index (χ2n) is 7.34. The summed E-state index contributed by atoms with van der Waals surface area (Å²) < 4.78 is 156. The van der Waals surface area contributed by atoms with E-state index < -0.39 is 36.3 Å². The van der Waals surface area contributed by atoms with Gasteiger partial charge >= 0.3 is 156 Å². The Morgan fingerprint density at radius 2 is 0.512 bits per heavy atom. The van der Waals surface area contributed by atoms with E-state index in [0.717, 1.165) is 0 Å². The van der Waals surface area contributed by atoms with Crippen LogP contribution in [0.3, 0.4) is 0 Å². The van der Waals surface area contributed by atoms with E-state index in [-0.39, 0.29) is 0 Å². The van der Waals surface area contributed by atoms with Crippen LogP contribution in [-0.4, -0.2) is 35.2 Å². The minimum atomic E-state index is -6.00. The summed E-state index contributed by atoms with van der Waals surface area (Å²) in [5.41, 5.74) is 0. The molecule has 0 aliphatic heterocycles. The summed E-state index contributed by atoms with van der Waals surface area (Å²) in [6, 6.07) is 33.1. The van der Waals surface area contributed by atoms with Gasteiger partial charge in [0.1, 0.15) is 0 Å². The Morgan fingerprint density at radius 3 is 0.634 bits per heavy atom. The minimum absolute atomic E-state index is 1.17. The monoisotopic (exact) mass is 640 g/mol. The maximum absolute atomic E-state index is 9.75. The molecule has 41 heavy (non-hydrogen) atoms. The average molecular weight is 640 g/mol. The van der Waals surface area contributed by atoms with Crippen LogP contribution in [0.2, 0.25) is 0 Å². The van der Waals surface area contributed by atoms with Crippen molar-refractivity contribution in [3.8, 4) is 0 Å². The van der Waals surface area contributed by atoms with Crippen LogP contribution in [0.5, 0.6) is 0 Å². The van der Waals surface area contributed by atoms with Gasteiger partial charge in [-0.25, -0.2) is 0 Å². The van der Waals surface area contributed by atoms with Crippen LogP contribution < -0.4 is 15.9 Å². The van der Waals surface area contributed by atoms with Gasteiger partial charge in [0, 0.05) is 0 Å². The SMILES string of the molecule is CC[PH](c1ccccc1)(c1ccccc1)c1ccccc1.F[B-](F)(F)F.F[B-](F)(F)F.F[B-](F)(F)F.F[B-](F)(F)F. The Labute approximate surface area is 225 Å². The Kier molecular flexibility index (Phi) is 17.6. The number of rotatable bonds is 4. The van der Waals surface area contributed by atoms with Gasteiger partial charge < -0.3 is 69.1 Å². The van der Waals surface area contributed by atoms with Crippen molar-refractivity contribution < 1.29 is 69.1 Å². The molecule has 21 heteroatoms. The summed E-state index contributed by atoms with van der Waals surface area (Å²) in [7, 11) is -25.9. The first kappa shape index (κ1) is 40.4. The Bertz CT molecular complexity index is 892. The molecule has 0 aliphatic carbocycles. The van der Waals surface area contributed by atoms with Crippen molar-refractivity contribution in [1.29, 1.82) is 0 Å². The molecule has 0 radical (unpaired) electrons. The molecule has 0 atom stereocenters. The summed E-state index contributed by atoms with van der Waals surface area (Å²) in [6.07, 6.45) is 1.17. The summed E-state index contributed by atoms with van der Waals surface area (Å²) in [5, 5.41) is 4.47. The largest absolute Gasteiger partial charge is 0.673 e. The zero-order valence-corrected chi connectivity index (χ0v) is 21.7. The van der Waals surface area contributed by atoms with Crippen LogP contribution in [0.1, 0.15) is 6.92 Å². The number of hydrogen-bond acceptors (Lipinski definition) is 0. The molecule has 0 nitrogen and oxygen atoms in total. The van der Waals surface area contributed by atoms with Crippen molar-refractivity contribution in [1.82, 2.24) is 0 Å². The first-order chi connectivity index (χ1) is 18.4. The number of hydrogen-bond donors (Lipinski definition) is 0. The quantitative estimate of drug-likeness (QED) is 0.152. The maximum atomic E-state index is 9.75. The van der Waals surface area contributed by atoms with E-state index in [1.807, 2.05) is 0 Å². The van der Waals surface area contributed by atoms with E-state index in [0.29, 0.717) is 0 Å². The molecule has 0 spiro atoms. The molecule has 0 N–H and O–H groups in total. The fraction of sp³-hybridized carbons (Fsp3) is 0.100. The fourth-order valence-corrected chi connectivity index (χ4v) is 7.79. The van der Waals surface area contributed by atoms with Crippen LogP contribution in [-0.2, 0) is 0 Å². The van der Waals surface area contributed by atoms with Crippen molar-refractivity contribution in [2.45, 2.75) is 6.92 Å². The van der Waals surface area contributed by atoms with Crippen LogP contribution in [0.4, 0.5) is 69.1 Å². The molecule has 3 rings (SSSR count). The van der Waals surface area contributed by atoms with Gasteiger partial charge in [-0.1, -0.05) is 0 Å². The predicted octanol–water partition coefficient (Wildman–Crippen LogP) is 8.93. The maximum Gasteiger partial charge on any atom is 0.673 e. The van der Waals surface area contributed by atoms with Gasteiger partial charge in [-0.15, -0.1) is 0 Å². The third kappa shape index (κ3) is 25.9. The minimum Gasteiger partial charge on any atom is -0.418 e. The van der Waals surface area contributed by atoms with E-state index >= 15 is 0 Å². The van der Waals surface area contributed by atoms with E-state index in [2.05, 4.69) is 97.9 Å². The van der Waals surface area contributed by atoms with Crippen LogP contribution in [0, 0.1) is 0 Å². The standard InChI is InChI=1S/C20H21P.4BF4/c1-2-21(18-12-6-3-7-13-18,19-14-8-4-9-15-19)20-16-10-5-11-17-20;4*2-1(3,4)5/h3-17,21H,2H2,1H3;;;;/q;4*-1. The predicted molar refractivity (Wildman–Crippen MR) is 138 cm³/mol. The van der Waals surface area contributed by atoms with Crippen molar-refractivity contribution in [3.63, 3.8) is 0 Å². The van der Waals surface area contributed by atoms with Gasteiger partial charge in [0.05, 0.1) is 0 Å². The average Bonchev–Trinajstić information content (AvgIpc) is 2.78. The molecule has 0 amide bonds. The van der Waals surface area contributed by atoms with Gasteiger partial charge in [0.2, 0.25) is 0 Å². The summed E-state index contributed by atoms with van der Waals surface area (Å²) in [4.78, 5) is 0. The van der Waals surface area contributed by atoms with E-state index in [4.69, 9.17) is 0 Å². The molecule has 0 saturated heterocycles. The summed E-state index contributed by atoms with van der Waals surface area (Å²) >= 11 is 0. The molecule has 0 unspecified atom stereocenters.